The van der Waals surface area contributed by atoms with Gasteiger partial charge in [0.1, 0.15) is 0 Å². The van der Waals surface area contributed by atoms with Crippen molar-refractivity contribution in [3.05, 3.63) is 0 Å². The summed E-state index contributed by atoms with van der Waals surface area (Å²) in [5.74, 6) is -1.57. The first-order chi connectivity index (χ1) is 4.95. The van der Waals surface area contributed by atoms with Crippen LogP contribution in [0.4, 0.5) is 0 Å². The summed E-state index contributed by atoms with van der Waals surface area (Å²) in [5.41, 5.74) is 0. The second kappa shape index (κ2) is 7.08. The molecule has 0 unspecified atom stereocenters. The monoisotopic (exact) mass is 224 g/mol. The Hall–Kier alpha value is 0.640. The molecule has 12 heavy (non-hydrogen) atoms. The van der Waals surface area contributed by atoms with Gasteiger partial charge in [-0.25, -0.2) is 0 Å². The summed E-state index contributed by atoms with van der Waals surface area (Å²) in [5, 5.41) is 0. The maximum atomic E-state index is 10.5. The van der Waals surface area contributed by atoms with Gasteiger partial charge in [0.05, 0.1) is 0 Å². The van der Waals surface area contributed by atoms with Gasteiger partial charge in [0.25, 0.3) is 0 Å². The molecule has 0 aliphatic heterocycles. The molecule has 0 amide bonds. The normalized spacial score (nSPS) is 10.2. The largest absolute Gasteiger partial charge is 2.00 e. The van der Waals surface area contributed by atoms with Crippen LogP contribution in [-0.2, 0) is 19.6 Å². The third-order valence-corrected chi connectivity index (χ3v) is 1.24. The fraction of sp³-hybridized carbons (Fsp3) is 0.800. The SMILES string of the molecule is CCCC(=O)OCS(=O)(=O)O.[Ca+2].[H-].[H-]. The molecule has 0 spiro atoms. The quantitative estimate of drug-likeness (QED) is 0.413. The van der Waals surface area contributed by atoms with Crippen LogP contribution in [0.25, 0.3) is 0 Å². The Morgan fingerprint density at radius 2 is 2.08 bits per heavy atom. The molecule has 70 valence electrons. The molecule has 1 N–H and O–H groups in total. The van der Waals surface area contributed by atoms with Crippen molar-refractivity contribution in [2.45, 2.75) is 19.8 Å². The van der Waals surface area contributed by atoms with Crippen molar-refractivity contribution in [2.24, 2.45) is 0 Å². The number of carbonyl (C=O) groups is 1. The van der Waals surface area contributed by atoms with Crippen LogP contribution in [0.5, 0.6) is 0 Å². The van der Waals surface area contributed by atoms with Crippen molar-refractivity contribution in [3.8, 4) is 0 Å². The van der Waals surface area contributed by atoms with E-state index in [-0.39, 0.29) is 47.0 Å². The van der Waals surface area contributed by atoms with Crippen molar-refractivity contribution in [1.29, 1.82) is 0 Å². The van der Waals surface area contributed by atoms with Gasteiger partial charge < -0.3 is 7.59 Å². The fourth-order valence-corrected chi connectivity index (χ4v) is 0.697. The molecule has 0 saturated carbocycles. The molecule has 0 rings (SSSR count). The van der Waals surface area contributed by atoms with E-state index in [1.807, 2.05) is 0 Å². The van der Waals surface area contributed by atoms with Gasteiger partial charge in [0.2, 0.25) is 5.94 Å². The van der Waals surface area contributed by atoms with Crippen LogP contribution >= 0.6 is 0 Å². The summed E-state index contributed by atoms with van der Waals surface area (Å²) in [7, 11) is -4.18. The second-order valence-corrected chi connectivity index (χ2v) is 3.37. The summed E-state index contributed by atoms with van der Waals surface area (Å²) in [4.78, 5) is 10.5. The van der Waals surface area contributed by atoms with E-state index in [0.717, 1.165) is 0 Å². The predicted octanol–water partition coefficient (Wildman–Crippen LogP) is 0.0192. The molecule has 0 heterocycles. The molecular weight excluding hydrogens is 212 g/mol. The molecule has 5 nitrogen and oxygen atoms in total. The Bertz CT molecular complexity index is 230. The summed E-state index contributed by atoms with van der Waals surface area (Å²) in [6, 6.07) is 0. The first-order valence-corrected chi connectivity index (χ1v) is 4.67. The van der Waals surface area contributed by atoms with E-state index in [1.165, 1.54) is 0 Å². The van der Waals surface area contributed by atoms with E-state index < -0.39 is 22.0 Å². The Labute approximate surface area is 104 Å². The number of hydrogen-bond donors (Lipinski definition) is 1. The molecule has 0 fully saturated rings. The van der Waals surface area contributed by atoms with Crippen molar-refractivity contribution in [1.82, 2.24) is 0 Å². The minimum atomic E-state index is -4.18. The average Bonchev–Trinajstić information content (AvgIpc) is 1.83. The van der Waals surface area contributed by atoms with E-state index in [4.69, 9.17) is 4.55 Å². The number of rotatable bonds is 4. The van der Waals surface area contributed by atoms with Crippen LogP contribution in [0.2, 0.25) is 0 Å². The van der Waals surface area contributed by atoms with Crippen molar-refractivity contribution in [2.75, 3.05) is 5.94 Å². The minimum Gasteiger partial charge on any atom is -1.00 e. The summed E-state index contributed by atoms with van der Waals surface area (Å²) >= 11 is 0. The van der Waals surface area contributed by atoms with Gasteiger partial charge >= 0.3 is 53.8 Å². The van der Waals surface area contributed by atoms with Gasteiger partial charge in [-0.2, -0.15) is 8.42 Å². The third-order valence-electron chi connectivity index (χ3n) is 0.823. The third kappa shape index (κ3) is 10.6. The predicted molar refractivity (Wildman–Crippen MR) is 45.4 cm³/mol. The van der Waals surface area contributed by atoms with Crippen molar-refractivity contribution >= 4 is 53.8 Å². The van der Waals surface area contributed by atoms with Crippen LogP contribution < -0.4 is 0 Å². The second-order valence-electron chi connectivity index (χ2n) is 1.97. The number of ether oxygens (including phenoxy) is 1. The Balaban J connectivity index is -0.000000167. The van der Waals surface area contributed by atoms with Crippen LogP contribution in [0.3, 0.4) is 0 Å². The Kier molecular flexibility index (Phi) is 8.93. The van der Waals surface area contributed by atoms with Gasteiger partial charge in [0, 0.05) is 6.42 Å². The van der Waals surface area contributed by atoms with Gasteiger partial charge in [-0.1, -0.05) is 6.92 Å². The zero-order valence-corrected chi connectivity index (χ0v) is 9.84. The number of esters is 1. The van der Waals surface area contributed by atoms with Gasteiger partial charge in [-0.3, -0.25) is 9.35 Å². The van der Waals surface area contributed by atoms with Crippen molar-refractivity contribution < 1.29 is 25.4 Å². The molecule has 0 aliphatic carbocycles. The molecule has 0 aromatic rings. The maximum absolute atomic E-state index is 10.5. The Morgan fingerprint density at radius 3 is 2.42 bits per heavy atom. The summed E-state index contributed by atoms with van der Waals surface area (Å²) < 4.78 is 32.3. The molecule has 0 saturated heterocycles. The van der Waals surface area contributed by atoms with E-state index in [1.54, 1.807) is 6.92 Å². The van der Waals surface area contributed by atoms with Crippen LogP contribution in [0.15, 0.2) is 0 Å². The zero-order chi connectivity index (χ0) is 8.91. The number of hydrogen-bond acceptors (Lipinski definition) is 4. The van der Waals surface area contributed by atoms with Gasteiger partial charge in [-0.05, 0) is 6.42 Å². The Morgan fingerprint density at radius 1 is 1.58 bits per heavy atom. The number of carbonyl (C=O) groups excluding carboxylic acids is 1. The van der Waals surface area contributed by atoms with Crippen LogP contribution in [0.1, 0.15) is 22.6 Å². The minimum absolute atomic E-state index is 0. The smallest absolute Gasteiger partial charge is 1.00 e. The average molecular weight is 224 g/mol. The van der Waals surface area contributed by atoms with Crippen LogP contribution in [0, 0.1) is 0 Å². The van der Waals surface area contributed by atoms with E-state index in [2.05, 4.69) is 4.74 Å². The zero-order valence-electron chi connectivity index (χ0n) is 8.82. The first-order valence-electron chi connectivity index (χ1n) is 3.06. The van der Waals surface area contributed by atoms with E-state index >= 15 is 0 Å². The summed E-state index contributed by atoms with van der Waals surface area (Å²) in [6.45, 7) is 1.76. The molecule has 0 atom stereocenters. The molecule has 0 bridgehead atoms. The van der Waals surface area contributed by atoms with Gasteiger partial charge in [-0.15, -0.1) is 0 Å². The maximum Gasteiger partial charge on any atom is 2.00 e. The molecular formula is C5H12CaO5S. The molecule has 7 heteroatoms. The molecule has 0 aliphatic rings. The topological polar surface area (TPSA) is 80.7 Å². The van der Waals surface area contributed by atoms with Crippen molar-refractivity contribution in [3.63, 3.8) is 0 Å². The summed E-state index contributed by atoms with van der Waals surface area (Å²) in [6.07, 6.45) is 0.750. The molecule has 0 aromatic carbocycles. The van der Waals surface area contributed by atoms with E-state index in [9.17, 15) is 13.2 Å². The van der Waals surface area contributed by atoms with E-state index in [0.29, 0.717) is 6.42 Å². The fourth-order valence-electron chi connectivity index (χ4n) is 0.416. The standard InChI is InChI=1S/C5H10O5S.Ca.2H/c1-2-3-5(6)10-4-11(7,8)9;;;/h2-4H2,1H3,(H,7,8,9);;;/q;+2;2*-1. The first kappa shape index (κ1) is 15.1. The van der Waals surface area contributed by atoms with Crippen LogP contribution in [-0.4, -0.2) is 62.6 Å². The molecule has 0 aromatic heterocycles. The van der Waals surface area contributed by atoms with Gasteiger partial charge in [0.15, 0.2) is 0 Å². The molecule has 0 radical (unpaired) electrons.